The van der Waals surface area contributed by atoms with Crippen molar-refractivity contribution in [1.29, 1.82) is 0 Å². The third-order valence-electron chi connectivity index (χ3n) is 5.24. The van der Waals surface area contributed by atoms with Crippen LogP contribution >= 0.6 is 0 Å². The molecule has 1 atom stereocenters. The molecule has 0 amide bonds. The Bertz CT molecular complexity index is 766. The normalized spacial score (nSPS) is 13.6. The van der Waals surface area contributed by atoms with E-state index in [-0.39, 0.29) is 6.32 Å². The lowest BCUT2D eigenvalue weighted by Gasteiger charge is -2.26. The Kier molecular flexibility index (Phi) is 8.45. The second-order valence-electron chi connectivity index (χ2n) is 7.67. The number of fused-ring (bicyclic) bond motifs is 1. The average molecular weight is 386 g/mol. The largest absolute Gasteiger partial charge is 0.480 e. The second-order valence-corrected chi connectivity index (χ2v) is 7.67. The summed E-state index contributed by atoms with van der Waals surface area (Å²) < 4.78 is 0. The SMILES string of the molecule is CN(CCCC(N)(CCCCB(O)O)C(=O)O)Cc1cccc2ccccc12. The zero-order valence-electron chi connectivity index (χ0n) is 16.6. The number of rotatable bonds is 12. The fourth-order valence-electron chi connectivity index (χ4n) is 3.57. The van der Waals surface area contributed by atoms with Crippen molar-refractivity contribution in [3.05, 3.63) is 48.0 Å². The highest BCUT2D eigenvalue weighted by Gasteiger charge is 2.32. The van der Waals surface area contributed by atoms with E-state index in [1.165, 1.54) is 16.3 Å². The summed E-state index contributed by atoms with van der Waals surface area (Å²) in [6, 6.07) is 14.6. The second kappa shape index (κ2) is 10.6. The molecule has 7 heteroatoms. The van der Waals surface area contributed by atoms with Gasteiger partial charge >= 0.3 is 13.1 Å². The molecule has 2 rings (SSSR count). The van der Waals surface area contributed by atoms with Crippen molar-refractivity contribution in [3.8, 4) is 0 Å². The lowest BCUT2D eigenvalue weighted by atomic mass is 9.81. The van der Waals surface area contributed by atoms with Gasteiger partial charge in [0.1, 0.15) is 5.54 Å². The number of carbonyl (C=O) groups is 1. The van der Waals surface area contributed by atoms with Crippen LogP contribution in [0.4, 0.5) is 0 Å². The number of carboxylic acid groups (broad SMARTS) is 1. The first kappa shape index (κ1) is 22.4. The number of unbranched alkanes of at least 4 members (excludes halogenated alkanes) is 1. The minimum Gasteiger partial charge on any atom is -0.480 e. The van der Waals surface area contributed by atoms with Gasteiger partial charge in [-0.3, -0.25) is 4.79 Å². The molecule has 0 aliphatic rings. The van der Waals surface area contributed by atoms with E-state index in [1.807, 2.05) is 19.2 Å². The van der Waals surface area contributed by atoms with Crippen molar-refractivity contribution in [2.45, 2.75) is 50.5 Å². The van der Waals surface area contributed by atoms with Crippen LogP contribution in [0.15, 0.2) is 42.5 Å². The number of nitrogens with zero attached hydrogens (tertiary/aromatic N) is 1. The molecule has 0 aliphatic carbocycles. The van der Waals surface area contributed by atoms with Gasteiger partial charge in [0, 0.05) is 6.54 Å². The minimum absolute atomic E-state index is 0.240. The molecule has 152 valence electrons. The van der Waals surface area contributed by atoms with E-state index in [2.05, 4.69) is 35.2 Å². The average Bonchev–Trinajstić information content (AvgIpc) is 2.65. The Labute approximate surface area is 167 Å². The summed E-state index contributed by atoms with van der Waals surface area (Å²) in [5.41, 5.74) is 6.12. The summed E-state index contributed by atoms with van der Waals surface area (Å²) in [6.07, 6.45) is 2.76. The number of hydrogen-bond donors (Lipinski definition) is 4. The number of aliphatic carboxylic acids is 1. The minimum atomic E-state index is -1.35. The smallest absolute Gasteiger partial charge is 0.451 e. The van der Waals surface area contributed by atoms with Crippen LogP contribution in [0.1, 0.15) is 37.7 Å². The van der Waals surface area contributed by atoms with Gasteiger partial charge in [-0.2, -0.15) is 0 Å². The zero-order chi connectivity index (χ0) is 20.6. The molecule has 0 fully saturated rings. The monoisotopic (exact) mass is 386 g/mol. The maximum atomic E-state index is 11.6. The first-order valence-corrected chi connectivity index (χ1v) is 9.85. The molecular formula is C21H31BN2O4. The van der Waals surface area contributed by atoms with Crippen LogP contribution < -0.4 is 5.73 Å². The molecule has 5 N–H and O–H groups in total. The van der Waals surface area contributed by atoms with Gasteiger partial charge in [-0.1, -0.05) is 55.3 Å². The molecule has 0 heterocycles. The highest BCUT2D eigenvalue weighted by molar-refractivity contribution is 6.40. The van der Waals surface area contributed by atoms with E-state index in [9.17, 15) is 9.90 Å². The van der Waals surface area contributed by atoms with Gasteiger partial charge in [-0.15, -0.1) is 0 Å². The van der Waals surface area contributed by atoms with Crippen molar-refractivity contribution in [2.75, 3.05) is 13.6 Å². The van der Waals surface area contributed by atoms with E-state index in [0.29, 0.717) is 32.1 Å². The Morgan fingerprint density at radius 3 is 2.46 bits per heavy atom. The molecule has 0 saturated carbocycles. The predicted octanol–water partition coefficient (Wildman–Crippen LogP) is 2.48. The van der Waals surface area contributed by atoms with Crippen molar-refractivity contribution in [3.63, 3.8) is 0 Å². The first-order chi connectivity index (χ1) is 13.3. The van der Waals surface area contributed by atoms with Gasteiger partial charge in [0.15, 0.2) is 0 Å². The number of carboxylic acids is 1. The summed E-state index contributed by atoms with van der Waals surface area (Å²) in [5.74, 6) is -0.992. The zero-order valence-corrected chi connectivity index (χ0v) is 16.6. The lowest BCUT2D eigenvalue weighted by Crippen LogP contribution is -2.48. The van der Waals surface area contributed by atoms with Gasteiger partial charge in [0.05, 0.1) is 0 Å². The molecular weight excluding hydrogens is 355 g/mol. The maximum absolute atomic E-state index is 11.6. The molecule has 0 aliphatic heterocycles. The lowest BCUT2D eigenvalue weighted by molar-refractivity contribution is -0.144. The molecule has 2 aromatic carbocycles. The molecule has 0 radical (unpaired) electrons. The summed E-state index contributed by atoms with van der Waals surface area (Å²) in [5, 5.41) is 29.7. The molecule has 1 unspecified atom stereocenters. The molecule has 0 bridgehead atoms. The summed E-state index contributed by atoms with van der Waals surface area (Å²) in [7, 11) is 0.684. The summed E-state index contributed by atoms with van der Waals surface area (Å²) in [6.45, 7) is 1.55. The number of nitrogens with two attached hydrogens (primary N) is 1. The summed E-state index contributed by atoms with van der Waals surface area (Å²) >= 11 is 0. The fourth-order valence-corrected chi connectivity index (χ4v) is 3.57. The van der Waals surface area contributed by atoms with Crippen LogP contribution in [0.5, 0.6) is 0 Å². The Hall–Kier alpha value is -1.93. The van der Waals surface area contributed by atoms with Gasteiger partial charge in [-0.25, -0.2) is 0 Å². The Morgan fingerprint density at radius 1 is 1.07 bits per heavy atom. The number of hydrogen-bond acceptors (Lipinski definition) is 5. The van der Waals surface area contributed by atoms with Crippen LogP contribution in [-0.4, -0.2) is 52.3 Å². The van der Waals surface area contributed by atoms with Crippen molar-refractivity contribution in [2.24, 2.45) is 5.73 Å². The van der Waals surface area contributed by atoms with Crippen LogP contribution in [0.2, 0.25) is 6.32 Å². The van der Waals surface area contributed by atoms with Gasteiger partial charge in [0.2, 0.25) is 0 Å². The van der Waals surface area contributed by atoms with Crippen LogP contribution in [0.25, 0.3) is 10.8 Å². The predicted molar refractivity (Wildman–Crippen MR) is 113 cm³/mol. The quantitative estimate of drug-likeness (QED) is 0.330. The van der Waals surface area contributed by atoms with E-state index in [4.69, 9.17) is 15.8 Å². The van der Waals surface area contributed by atoms with E-state index < -0.39 is 18.6 Å². The third kappa shape index (κ3) is 6.60. The molecule has 2 aromatic rings. The van der Waals surface area contributed by atoms with Crippen molar-refractivity contribution >= 4 is 23.9 Å². The number of benzene rings is 2. The van der Waals surface area contributed by atoms with Gasteiger partial charge < -0.3 is 25.8 Å². The molecule has 0 saturated heterocycles. The first-order valence-electron chi connectivity index (χ1n) is 9.85. The highest BCUT2D eigenvalue weighted by Crippen LogP contribution is 2.22. The Balaban J connectivity index is 1.85. The fraction of sp³-hybridized carbons (Fsp3) is 0.476. The highest BCUT2D eigenvalue weighted by atomic mass is 16.4. The van der Waals surface area contributed by atoms with Gasteiger partial charge in [-0.05, 0) is 55.5 Å². The van der Waals surface area contributed by atoms with E-state index in [0.717, 1.165) is 13.1 Å². The van der Waals surface area contributed by atoms with Crippen molar-refractivity contribution in [1.82, 2.24) is 4.90 Å². The topological polar surface area (TPSA) is 107 Å². The molecule has 28 heavy (non-hydrogen) atoms. The van der Waals surface area contributed by atoms with Crippen LogP contribution in [-0.2, 0) is 11.3 Å². The standard InChI is InChI=1S/C21H31BN2O4/c1-24(16-18-10-6-9-17-8-2-3-11-19(17)18)15-7-13-21(23,20(25)26)12-4-5-14-22(27)28/h2-3,6,8-11,27-28H,4-5,7,12-16,23H2,1H3,(H,25,26). The summed E-state index contributed by atoms with van der Waals surface area (Å²) in [4.78, 5) is 13.8. The molecule has 6 nitrogen and oxygen atoms in total. The maximum Gasteiger partial charge on any atom is 0.451 e. The van der Waals surface area contributed by atoms with Gasteiger partial charge in [0.25, 0.3) is 0 Å². The van der Waals surface area contributed by atoms with Crippen LogP contribution in [0.3, 0.4) is 0 Å². The third-order valence-corrected chi connectivity index (χ3v) is 5.24. The molecule has 0 spiro atoms. The van der Waals surface area contributed by atoms with Crippen molar-refractivity contribution < 1.29 is 19.9 Å². The van der Waals surface area contributed by atoms with E-state index in [1.54, 1.807) is 0 Å². The van der Waals surface area contributed by atoms with E-state index >= 15 is 0 Å². The molecule has 0 aromatic heterocycles. The van der Waals surface area contributed by atoms with Crippen LogP contribution in [0, 0.1) is 0 Å². The Morgan fingerprint density at radius 2 is 1.75 bits per heavy atom.